The van der Waals surface area contributed by atoms with Gasteiger partial charge in [0.15, 0.2) is 12.4 Å². The molecule has 4 unspecified atom stereocenters. The Morgan fingerprint density at radius 1 is 0.930 bits per heavy atom. The number of halogens is 3. The van der Waals surface area contributed by atoms with Gasteiger partial charge in [0.2, 0.25) is 11.8 Å². The number of Topliss-reactive ketones (excluding diaryl/α,β-unsaturated/α-hetero) is 1. The first-order valence-electron chi connectivity index (χ1n) is 13.8. The lowest BCUT2D eigenvalue weighted by Gasteiger charge is -2.29. The lowest BCUT2D eigenvalue weighted by molar-refractivity contribution is -0.122. The van der Waals surface area contributed by atoms with E-state index >= 15 is 0 Å². The zero-order valence-corrected chi connectivity index (χ0v) is 26.9. The zero-order valence-electron chi connectivity index (χ0n) is 22.9. The molecule has 1 aliphatic carbocycles. The van der Waals surface area contributed by atoms with Gasteiger partial charge in [0, 0.05) is 31.2 Å². The number of carbonyl (C=O) groups excluding carboxylic acids is 4. The Morgan fingerprint density at radius 2 is 1.56 bits per heavy atom. The zero-order chi connectivity index (χ0) is 30.4. The van der Waals surface area contributed by atoms with E-state index in [9.17, 15) is 19.2 Å². The molecule has 0 N–H and O–H groups in total. The van der Waals surface area contributed by atoms with Crippen LogP contribution in [-0.4, -0.2) is 44.8 Å². The summed E-state index contributed by atoms with van der Waals surface area (Å²) in [6.45, 7) is 1.41. The van der Waals surface area contributed by atoms with E-state index in [2.05, 4.69) is 31.9 Å². The van der Waals surface area contributed by atoms with Gasteiger partial charge in [-0.25, -0.2) is 9.78 Å². The molecule has 1 aromatic heterocycles. The maximum atomic E-state index is 13.3. The molecule has 0 radical (unpaired) electrons. The number of carbonyl (C=O) groups is 4. The molecule has 218 valence electrons. The van der Waals surface area contributed by atoms with Crippen LogP contribution in [0.25, 0.3) is 22.2 Å². The van der Waals surface area contributed by atoms with Gasteiger partial charge in [0.1, 0.15) is 0 Å². The van der Waals surface area contributed by atoms with Crippen molar-refractivity contribution in [3.8, 4) is 11.3 Å². The monoisotopic (exact) mass is 722 g/mol. The summed E-state index contributed by atoms with van der Waals surface area (Å²) in [6.07, 6.45) is 1.19. The van der Waals surface area contributed by atoms with Crippen molar-refractivity contribution in [1.29, 1.82) is 0 Å². The average Bonchev–Trinajstić information content (AvgIpc) is 3.25. The van der Waals surface area contributed by atoms with E-state index in [4.69, 9.17) is 21.3 Å². The first-order valence-corrected chi connectivity index (χ1v) is 16.0. The number of amides is 2. The Kier molecular flexibility index (Phi) is 8.24. The Bertz CT molecular complexity index is 1750. The predicted molar refractivity (Wildman–Crippen MR) is 172 cm³/mol. The molecule has 1 saturated carbocycles. The van der Waals surface area contributed by atoms with Gasteiger partial charge in [0.25, 0.3) is 0 Å². The summed E-state index contributed by atoms with van der Waals surface area (Å²) < 4.78 is 5.45. The summed E-state index contributed by atoms with van der Waals surface area (Å²) >= 11 is 13.7. The third-order valence-electron chi connectivity index (χ3n) is 8.15. The van der Waals surface area contributed by atoms with Crippen LogP contribution in [0.4, 0.5) is 5.69 Å². The lowest BCUT2D eigenvalue weighted by atomic mass is 9.81. The minimum absolute atomic E-state index is 0.126. The van der Waals surface area contributed by atoms with Gasteiger partial charge < -0.3 is 4.74 Å². The maximum Gasteiger partial charge on any atom is 0.339 e. The number of anilines is 1. The van der Waals surface area contributed by atoms with Crippen molar-refractivity contribution in [2.24, 2.45) is 11.8 Å². The number of ketones is 1. The number of benzene rings is 3. The molecule has 10 heteroatoms. The second-order valence-electron chi connectivity index (χ2n) is 10.8. The van der Waals surface area contributed by atoms with E-state index in [1.807, 2.05) is 6.92 Å². The van der Waals surface area contributed by atoms with Crippen molar-refractivity contribution in [2.45, 2.75) is 29.4 Å². The van der Waals surface area contributed by atoms with Crippen LogP contribution in [0.15, 0.2) is 72.8 Å². The number of aromatic nitrogens is 1. The number of hydrogen-bond donors (Lipinski definition) is 0. The molecular formula is C33H25Br2ClN2O5. The number of pyridine rings is 1. The molecular weight excluding hydrogens is 700 g/mol. The largest absolute Gasteiger partial charge is 0.454 e. The molecule has 4 atom stereocenters. The Balaban J connectivity index is 1.31. The number of ether oxygens (including phenoxy) is 1. The number of esters is 1. The minimum Gasteiger partial charge on any atom is -0.454 e. The number of aryl methyl sites for hydroxylation is 1. The van der Waals surface area contributed by atoms with E-state index in [1.54, 1.807) is 72.8 Å². The molecule has 0 spiro atoms. The SMILES string of the molecule is Cc1c(Cl)ccc2c(C(=O)OCC(=O)c3ccccc3)cc(-c3ccc(N4C(=O)C5CC(Br)C(Br)CC5C4=O)cc3)nc12. The Labute approximate surface area is 269 Å². The molecule has 2 aliphatic rings. The average molecular weight is 725 g/mol. The van der Waals surface area contributed by atoms with Gasteiger partial charge in [-0.2, -0.15) is 0 Å². The summed E-state index contributed by atoms with van der Waals surface area (Å²) in [6, 6.07) is 20.6. The van der Waals surface area contributed by atoms with Crippen LogP contribution in [0.3, 0.4) is 0 Å². The van der Waals surface area contributed by atoms with Gasteiger partial charge in [0.05, 0.1) is 34.3 Å². The summed E-state index contributed by atoms with van der Waals surface area (Å²) in [5.41, 5.74) is 3.54. The quantitative estimate of drug-likeness (QED) is 0.0896. The predicted octanol–water partition coefficient (Wildman–Crippen LogP) is 7.33. The third kappa shape index (κ3) is 5.54. The minimum atomic E-state index is -0.665. The van der Waals surface area contributed by atoms with Crippen LogP contribution < -0.4 is 4.90 Å². The van der Waals surface area contributed by atoms with E-state index in [1.165, 1.54) is 4.90 Å². The summed E-state index contributed by atoms with van der Waals surface area (Å²) in [4.78, 5) is 58.8. The van der Waals surface area contributed by atoms with Crippen molar-refractivity contribution in [2.75, 3.05) is 11.5 Å². The van der Waals surface area contributed by atoms with Crippen molar-refractivity contribution in [3.05, 3.63) is 94.5 Å². The van der Waals surface area contributed by atoms with E-state index in [-0.39, 0.29) is 44.7 Å². The van der Waals surface area contributed by atoms with Crippen LogP contribution in [0.5, 0.6) is 0 Å². The highest BCUT2D eigenvalue weighted by Crippen LogP contribution is 2.44. The van der Waals surface area contributed by atoms with Crippen LogP contribution in [0.1, 0.15) is 39.1 Å². The van der Waals surface area contributed by atoms with Crippen LogP contribution in [-0.2, 0) is 14.3 Å². The van der Waals surface area contributed by atoms with Gasteiger partial charge >= 0.3 is 5.97 Å². The highest BCUT2D eigenvalue weighted by atomic mass is 79.9. The van der Waals surface area contributed by atoms with E-state index in [0.717, 1.165) is 0 Å². The molecule has 2 fully saturated rings. The molecule has 2 amide bonds. The van der Waals surface area contributed by atoms with Crippen molar-refractivity contribution < 1.29 is 23.9 Å². The van der Waals surface area contributed by atoms with Crippen LogP contribution in [0, 0.1) is 18.8 Å². The van der Waals surface area contributed by atoms with Crippen LogP contribution >= 0.6 is 43.5 Å². The first kappa shape index (κ1) is 29.7. The summed E-state index contributed by atoms with van der Waals surface area (Å²) in [7, 11) is 0. The molecule has 43 heavy (non-hydrogen) atoms. The number of nitrogens with zero attached hydrogens (tertiary/aromatic N) is 2. The van der Waals surface area contributed by atoms with Crippen LogP contribution in [0.2, 0.25) is 5.02 Å². The van der Waals surface area contributed by atoms with Gasteiger partial charge in [-0.1, -0.05) is 92.0 Å². The van der Waals surface area contributed by atoms with E-state index in [0.29, 0.717) is 56.8 Å². The molecule has 4 aromatic rings. The molecule has 0 bridgehead atoms. The lowest BCUT2D eigenvalue weighted by Crippen LogP contribution is -2.34. The van der Waals surface area contributed by atoms with Crippen molar-refractivity contribution in [1.82, 2.24) is 4.98 Å². The van der Waals surface area contributed by atoms with Gasteiger partial charge in [-0.05, 0) is 49.6 Å². The molecule has 1 aliphatic heterocycles. The Morgan fingerprint density at radius 3 is 2.19 bits per heavy atom. The first-order chi connectivity index (χ1) is 20.6. The van der Waals surface area contributed by atoms with E-state index < -0.39 is 12.6 Å². The highest BCUT2D eigenvalue weighted by molar-refractivity contribution is 9.12. The van der Waals surface area contributed by atoms with Crippen molar-refractivity contribution in [3.63, 3.8) is 0 Å². The highest BCUT2D eigenvalue weighted by Gasteiger charge is 2.52. The molecule has 2 heterocycles. The maximum absolute atomic E-state index is 13.3. The number of fused-ring (bicyclic) bond motifs is 2. The third-order valence-corrected chi connectivity index (χ3v) is 11.3. The number of rotatable bonds is 6. The second-order valence-corrected chi connectivity index (χ2v) is 13.5. The summed E-state index contributed by atoms with van der Waals surface area (Å²) in [5.74, 6) is -2.04. The number of imide groups is 1. The number of alkyl halides is 2. The fraction of sp³-hybridized carbons (Fsp3) is 0.242. The Hall–Kier alpha value is -3.40. The second kappa shape index (κ2) is 11.9. The van der Waals surface area contributed by atoms with Crippen molar-refractivity contribution >= 4 is 83.6 Å². The standard InChI is InChI=1S/C33H25Br2ClN2O5/c1-17-27(36)12-11-21-24(33(42)43-16-29(39)19-5-3-2-4-6-19)15-28(37-30(17)21)18-7-9-20(10-8-18)38-31(40)22-13-25(34)26(35)14-23(22)32(38)41/h2-12,15,22-23,25-26H,13-14,16H2,1H3. The molecule has 3 aromatic carbocycles. The smallest absolute Gasteiger partial charge is 0.339 e. The van der Waals surface area contributed by atoms with Gasteiger partial charge in [-0.3, -0.25) is 19.3 Å². The topological polar surface area (TPSA) is 93.6 Å². The normalized spacial score (nSPS) is 21.6. The fourth-order valence-electron chi connectivity index (χ4n) is 5.77. The summed E-state index contributed by atoms with van der Waals surface area (Å²) in [5, 5.41) is 1.04. The fourth-order valence-corrected chi connectivity index (χ4v) is 7.16. The molecule has 6 rings (SSSR count). The molecule has 1 saturated heterocycles. The molecule has 7 nitrogen and oxygen atoms in total. The van der Waals surface area contributed by atoms with Gasteiger partial charge in [-0.15, -0.1) is 0 Å². The number of hydrogen-bond acceptors (Lipinski definition) is 6.